The van der Waals surface area contributed by atoms with Crippen molar-refractivity contribution in [3.8, 4) is 11.5 Å². The number of hydrogen-bond donors (Lipinski definition) is 2. The van der Waals surface area contributed by atoms with Gasteiger partial charge in [0.15, 0.2) is 0 Å². The van der Waals surface area contributed by atoms with E-state index < -0.39 is 5.91 Å². The number of benzene rings is 2. The van der Waals surface area contributed by atoms with Gasteiger partial charge in [-0.1, -0.05) is 0 Å². The van der Waals surface area contributed by atoms with Crippen LogP contribution in [-0.2, 0) is 17.0 Å². The number of amides is 2. The zero-order valence-electron chi connectivity index (χ0n) is 16.0. The molecule has 1 aliphatic rings. The summed E-state index contributed by atoms with van der Waals surface area (Å²) in [6.07, 6.45) is 1.07. The van der Waals surface area contributed by atoms with Gasteiger partial charge < -0.3 is 20.5 Å². The van der Waals surface area contributed by atoms with E-state index in [1.54, 1.807) is 24.3 Å². The highest BCUT2D eigenvalue weighted by molar-refractivity contribution is 7.99. The van der Waals surface area contributed by atoms with Gasteiger partial charge in [-0.3, -0.25) is 9.59 Å². The molecule has 0 fully saturated rings. The SMILES string of the molecule is CCOc1cc2c(cc1CSCC(=O)Nc1ccc(C(N)=O)cc1)O[C@H](C)C2. The second kappa shape index (κ2) is 9.01. The number of fused-ring (bicyclic) bond motifs is 1. The number of hydrogen-bond acceptors (Lipinski definition) is 5. The molecule has 1 aliphatic heterocycles. The van der Waals surface area contributed by atoms with Gasteiger partial charge in [0.1, 0.15) is 17.6 Å². The summed E-state index contributed by atoms with van der Waals surface area (Å²) in [5, 5.41) is 2.81. The fraction of sp³-hybridized carbons (Fsp3) is 0.333. The Kier molecular flexibility index (Phi) is 6.46. The first-order valence-corrected chi connectivity index (χ1v) is 10.3. The normalized spacial score (nSPS) is 14.9. The molecule has 3 N–H and O–H groups in total. The molecule has 0 unspecified atom stereocenters. The van der Waals surface area contributed by atoms with Crippen molar-refractivity contribution in [3.63, 3.8) is 0 Å². The summed E-state index contributed by atoms with van der Waals surface area (Å²) in [6, 6.07) is 10.6. The first-order chi connectivity index (χ1) is 13.5. The number of thioether (sulfide) groups is 1. The summed E-state index contributed by atoms with van der Waals surface area (Å²) in [5.41, 5.74) is 8.44. The van der Waals surface area contributed by atoms with Gasteiger partial charge >= 0.3 is 0 Å². The molecule has 0 aliphatic carbocycles. The second-order valence-electron chi connectivity index (χ2n) is 6.62. The van der Waals surface area contributed by atoms with Crippen LogP contribution >= 0.6 is 11.8 Å². The lowest BCUT2D eigenvalue weighted by Crippen LogP contribution is -2.15. The first kappa shape index (κ1) is 20.1. The van der Waals surface area contributed by atoms with Crippen LogP contribution in [0.5, 0.6) is 11.5 Å². The molecule has 0 spiro atoms. The molecule has 2 amide bonds. The number of primary amides is 1. The summed E-state index contributed by atoms with van der Waals surface area (Å²) < 4.78 is 11.6. The Balaban J connectivity index is 1.56. The Labute approximate surface area is 168 Å². The lowest BCUT2D eigenvalue weighted by Gasteiger charge is -2.12. The maximum atomic E-state index is 12.2. The van der Waals surface area contributed by atoms with Crippen molar-refractivity contribution in [2.75, 3.05) is 17.7 Å². The molecule has 0 aromatic heterocycles. The van der Waals surface area contributed by atoms with Gasteiger partial charge in [0, 0.05) is 34.6 Å². The minimum atomic E-state index is -0.494. The van der Waals surface area contributed by atoms with Crippen LogP contribution in [0, 0.1) is 0 Å². The largest absolute Gasteiger partial charge is 0.494 e. The summed E-state index contributed by atoms with van der Waals surface area (Å²) in [4.78, 5) is 23.3. The van der Waals surface area contributed by atoms with E-state index in [9.17, 15) is 9.59 Å². The van der Waals surface area contributed by atoms with Gasteiger partial charge in [0.2, 0.25) is 11.8 Å². The molecular formula is C21H24N2O4S. The van der Waals surface area contributed by atoms with Crippen molar-refractivity contribution < 1.29 is 19.1 Å². The lowest BCUT2D eigenvalue weighted by atomic mass is 10.1. The number of anilines is 1. The highest BCUT2D eigenvalue weighted by Gasteiger charge is 2.22. The van der Waals surface area contributed by atoms with Crippen molar-refractivity contribution >= 4 is 29.3 Å². The second-order valence-corrected chi connectivity index (χ2v) is 7.60. The van der Waals surface area contributed by atoms with E-state index in [2.05, 4.69) is 18.3 Å². The maximum absolute atomic E-state index is 12.2. The van der Waals surface area contributed by atoms with Crippen LogP contribution in [0.3, 0.4) is 0 Å². The van der Waals surface area contributed by atoms with E-state index in [-0.39, 0.29) is 12.0 Å². The third kappa shape index (κ3) is 4.98. The minimum absolute atomic E-state index is 0.110. The molecule has 0 saturated carbocycles. The van der Waals surface area contributed by atoms with Crippen molar-refractivity contribution in [1.82, 2.24) is 0 Å². The van der Waals surface area contributed by atoms with Crippen LogP contribution in [0.4, 0.5) is 5.69 Å². The molecule has 0 saturated heterocycles. The van der Waals surface area contributed by atoms with Gasteiger partial charge in [-0.05, 0) is 50.2 Å². The Morgan fingerprint density at radius 1 is 1.29 bits per heavy atom. The van der Waals surface area contributed by atoms with Crippen LogP contribution in [0.15, 0.2) is 36.4 Å². The molecule has 6 nitrogen and oxygen atoms in total. The molecular weight excluding hydrogens is 376 g/mol. The third-order valence-corrected chi connectivity index (χ3v) is 5.30. The summed E-state index contributed by atoms with van der Waals surface area (Å²) in [7, 11) is 0. The summed E-state index contributed by atoms with van der Waals surface area (Å²) in [6.45, 7) is 4.60. The average molecular weight is 401 g/mol. The van der Waals surface area contributed by atoms with E-state index in [1.807, 2.05) is 13.0 Å². The molecule has 148 valence electrons. The monoisotopic (exact) mass is 400 g/mol. The van der Waals surface area contributed by atoms with E-state index in [4.69, 9.17) is 15.2 Å². The van der Waals surface area contributed by atoms with E-state index >= 15 is 0 Å². The molecule has 0 radical (unpaired) electrons. The molecule has 1 heterocycles. The number of carbonyl (C=O) groups is 2. The average Bonchev–Trinajstić information content (AvgIpc) is 3.01. The van der Waals surface area contributed by atoms with Crippen LogP contribution in [0.1, 0.15) is 35.3 Å². The molecule has 2 aromatic rings. The highest BCUT2D eigenvalue weighted by Crippen LogP contribution is 2.36. The summed E-state index contributed by atoms with van der Waals surface area (Å²) >= 11 is 1.51. The zero-order valence-corrected chi connectivity index (χ0v) is 16.8. The van der Waals surface area contributed by atoms with E-state index in [0.29, 0.717) is 29.4 Å². The van der Waals surface area contributed by atoms with Crippen molar-refractivity contribution in [2.24, 2.45) is 5.73 Å². The number of carbonyl (C=O) groups excluding carboxylic acids is 2. The van der Waals surface area contributed by atoms with Gasteiger partial charge in [0.05, 0.1) is 12.4 Å². The number of rotatable bonds is 8. The first-order valence-electron chi connectivity index (χ1n) is 9.19. The minimum Gasteiger partial charge on any atom is -0.494 e. The van der Waals surface area contributed by atoms with Gasteiger partial charge in [-0.15, -0.1) is 11.8 Å². The van der Waals surface area contributed by atoms with Crippen LogP contribution < -0.4 is 20.5 Å². The number of nitrogens with one attached hydrogen (secondary N) is 1. The van der Waals surface area contributed by atoms with Crippen molar-refractivity contribution in [1.29, 1.82) is 0 Å². The molecule has 0 bridgehead atoms. The quantitative estimate of drug-likeness (QED) is 0.709. The maximum Gasteiger partial charge on any atom is 0.248 e. The number of ether oxygens (including phenoxy) is 2. The standard InChI is InChI=1S/C21H24N2O4S/c1-3-26-18-9-15-8-13(2)27-19(15)10-16(18)11-28-12-20(24)23-17-6-4-14(5-7-17)21(22)25/h4-7,9-10,13H,3,8,11-12H2,1-2H3,(H2,22,25)(H,23,24)/t13-/m1/s1. The summed E-state index contributed by atoms with van der Waals surface area (Å²) in [5.74, 6) is 2.11. The van der Waals surface area contributed by atoms with E-state index in [0.717, 1.165) is 23.5 Å². The predicted molar refractivity (Wildman–Crippen MR) is 111 cm³/mol. The van der Waals surface area contributed by atoms with Crippen molar-refractivity contribution in [3.05, 3.63) is 53.1 Å². The number of nitrogens with two attached hydrogens (primary N) is 1. The van der Waals surface area contributed by atoms with Gasteiger partial charge in [-0.2, -0.15) is 0 Å². The smallest absolute Gasteiger partial charge is 0.248 e. The molecule has 7 heteroatoms. The van der Waals surface area contributed by atoms with E-state index in [1.165, 1.54) is 17.3 Å². The molecule has 28 heavy (non-hydrogen) atoms. The fourth-order valence-electron chi connectivity index (χ4n) is 3.05. The topological polar surface area (TPSA) is 90.6 Å². The lowest BCUT2D eigenvalue weighted by molar-refractivity contribution is -0.113. The Morgan fingerprint density at radius 3 is 2.71 bits per heavy atom. The van der Waals surface area contributed by atoms with Crippen molar-refractivity contribution in [2.45, 2.75) is 32.1 Å². The Hall–Kier alpha value is -2.67. The molecule has 3 rings (SSSR count). The molecule has 2 aromatic carbocycles. The van der Waals surface area contributed by atoms with Gasteiger partial charge in [-0.25, -0.2) is 0 Å². The fourth-order valence-corrected chi connectivity index (χ4v) is 3.86. The molecule has 1 atom stereocenters. The third-order valence-electron chi connectivity index (χ3n) is 4.32. The van der Waals surface area contributed by atoms with Crippen LogP contribution in [0.25, 0.3) is 0 Å². The Morgan fingerprint density at radius 2 is 2.04 bits per heavy atom. The predicted octanol–water partition coefficient (Wildman–Crippen LogP) is 3.38. The highest BCUT2D eigenvalue weighted by atomic mass is 32.2. The Bertz CT molecular complexity index is 867. The van der Waals surface area contributed by atoms with Crippen LogP contribution in [-0.4, -0.2) is 30.3 Å². The van der Waals surface area contributed by atoms with Gasteiger partial charge in [0.25, 0.3) is 0 Å². The van der Waals surface area contributed by atoms with Crippen LogP contribution in [0.2, 0.25) is 0 Å². The zero-order chi connectivity index (χ0) is 20.1.